The smallest absolute Gasteiger partial charge is 0.391 e. The highest BCUT2D eigenvalue weighted by Gasteiger charge is 2.42. The molecule has 5 nitrogen and oxygen atoms in total. The number of amidine groups is 1. The van der Waals surface area contributed by atoms with E-state index in [1.807, 2.05) is 11.8 Å². The number of oxazole rings is 1. The van der Waals surface area contributed by atoms with Gasteiger partial charge in [-0.1, -0.05) is 0 Å². The molecule has 0 spiro atoms. The molecule has 1 aliphatic carbocycles. The summed E-state index contributed by atoms with van der Waals surface area (Å²) >= 11 is 0. The van der Waals surface area contributed by atoms with Gasteiger partial charge in [0.1, 0.15) is 17.8 Å². The Kier molecular flexibility index (Phi) is 4.08. The summed E-state index contributed by atoms with van der Waals surface area (Å²) in [6.45, 7) is 2.31. The van der Waals surface area contributed by atoms with Crippen molar-refractivity contribution in [2.75, 3.05) is 6.54 Å². The van der Waals surface area contributed by atoms with E-state index in [4.69, 9.17) is 10.2 Å². The van der Waals surface area contributed by atoms with Crippen LogP contribution in [0.2, 0.25) is 0 Å². The van der Waals surface area contributed by atoms with Crippen LogP contribution in [0.15, 0.2) is 27.6 Å². The number of nitrogens with two attached hydrogens (primary N) is 1. The normalized spacial score (nSPS) is 26.4. The first kappa shape index (κ1) is 15.9. The molecule has 2 heterocycles. The zero-order chi connectivity index (χ0) is 16.6. The Hall–Kier alpha value is -1.99. The maximum absolute atomic E-state index is 12.8. The number of alkyl halides is 3. The van der Waals surface area contributed by atoms with Gasteiger partial charge < -0.3 is 15.1 Å². The van der Waals surface area contributed by atoms with Crippen molar-refractivity contribution in [1.29, 1.82) is 0 Å². The van der Waals surface area contributed by atoms with Gasteiger partial charge in [-0.25, -0.2) is 9.98 Å². The van der Waals surface area contributed by atoms with Crippen LogP contribution in [0, 0.1) is 5.92 Å². The van der Waals surface area contributed by atoms with Crippen LogP contribution >= 0.6 is 0 Å². The number of allylic oxidation sites excluding steroid dienone is 1. The molecule has 8 heteroatoms. The summed E-state index contributed by atoms with van der Waals surface area (Å²) in [4.78, 5) is 10.4. The molecule has 0 bridgehead atoms. The van der Waals surface area contributed by atoms with Gasteiger partial charge in [0.15, 0.2) is 0 Å². The van der Waals surface area contributed by atoms with Crippen LogP contribution in [0.3, 0.4) is 0 Å². The van der Waals surface area contributed by atoms with Gasteiger partial charge in [-0.3, -0.25) is 0 Å². The van der Waals surface area contributed by atoms with Crippen molar-refractivity contribution in [2.45, 2.75) is 44.8 Å². The first-order valence-electron chi connectivity index (χ1n) is 7.63. The predicted octanol–water partition coefficient (Wildman–Crippen LogP) is 3.16. The third-order valence-corrected chi connectivity index (χ3v) is 4.60. The van der Waals surface area contributed by atoms with Crippen molar-refractivity contribution in [1.82, 2.24) is 9.88 Å². The lowest BCUT2D eigenvalue weighted by Crippen LogP contribution is -2.45. The minimum absolute atomic E-state index is 0.0348. The number of aromatic nitrogens is 1. The van der Waals surface area contributed by atoms with Crippen molar-refractivity contribution in [2.24, 2.45) is 16.6 Å². The molecule has 126 valence electrons. The molecule has 1 fully saturated rings. The van der Waals surface area contributed by atoms with Crippen molar-refractivity contribution >= 4 is 11.5 Å². The highest BCUT2D eigenvalue weighted by Crippen LogP contribution is 2.40. The van der Waals surface area contributed by atoms with E-state index in [0.29, 0.717) is 36.8 Å². The summed E-state index contributed by atoms with van der Waals surface area (Å²) in [5.41, 5.74) is 7.31. The van der Waals surface area contributed by atoms with Crippen LogP contribution in [-0.2, 0) is 0 Å². The number of aliphatic imine (C=N–C) groups is 1. The second-order valence-electron chi connectivity index (χ2n) is 6.05. The number of hydrogen-bond donors (Lipinski definition) is 1. The van der Waals surface area contributed by atoms with Gasteiger partial charge in [0.05, 0.1) is 18.7 Å². The fraction of sp³-hybridized carbons (Fsp3) is 0.600. The zero-order valence-electron chi connectivity index (χ0n) is 12.8. The highest BCUT2D eigenvalue weighted by molar-refractivity contribution is 5.90. The zero-order valence-corrected chi connectivity index (χ0v) is 12.8. The Labute approximate surface area is 132 Å². The molecule has 23 heavy (non-hydrogen) atoms. The number of rotatable bonds is 2. The Balaban J connectivity index is 1.78. The van der Waals surface area contributed by atoms with Gasteiger partial charge in [0, 0.05) is 11.7 Å². The summed E-state index contributed by atoms with van der Waals surface area (Å²) in [6, 6.07) is 0.0348. The molecule has 0 saturated heterocycles. The van der Waals surface area contributed by atoms with E-state index in [0.717, 1.165) is 5.70 Å². The van der Waals surface area contributed by atoms with Crippen LogP contribution < -0.4 is 5.73 Å². The molecule has 2 N–H and O–H groups in total. The fourth-order valence-corrected chi connectivity index (χ4v) is 3.35. The monoisotopic (exact) mass is 328 g/mol. The van der Waals surface area contributed by atoms with E-state index in [1.54, 1.807) is 0 Å². The van der Waals surface area contributed by atoms with Gasteiger partial charge in [-0.2, -0.15) is 13.2 Å². The van der Waals surface area contributed by atoms with E-state index in [2.05, 4.69) is 9.98 Å². The molecule has 2 aliphatic rings. The lowest BCUT2D eigenvalue weighted by Gasteiger charge is -2.40. The third kappa shape index (κ3) is 3.20. The minimum Gasteiger partial charge on any atom is -0.443 e. The lowest BCUT2D eigenvalue weighted by atomic mass is 9.84. The first-order valence-corrected chi connectivity index (χ1v) is 7.63. The summed E-state index contributed by atoms with van der Waals surface area (Å²) in [6.07, 6.45) is 0.180. The van der Waals surface area contributed by atoms with Crippen molar-refractivity contribution in [3.05, 3.63) is 24.0 Å². The summed E-state index contributed by atoms with van der Waals surface area (Å²) in [5.74, 6) is -0.397. The van der Waals surface area contributed by atoms with Gasteiger partial charge in [0.2, 0.25) is 5.89 Å². The molecular formula is C15H19F3N4O. The topological polar surface area (TPSA) is 67.6 Å². The number of nitrogens with zero attached hydrogens (tertiary/aromatic N) is 3. The number of halogens is 3. The highest BCUT2D eigenvalue weighted by atomic mass is 19.4. The fourth-order valence-electron chi connectivity index (χ4n) is 3.35. The van der Waals surface area contributed by atoms with Crippen molar-refractivity contribution in [3.63, 3.8) is 0 Å². The molecule has 0 radical (unpaired) electrons. The average molecular weight is 328 g/mol. The largest absolute Gasteiger partial charge is 0.443 e. The lowest BCUT2D eigenvalue weighted by molar-refractivity contribution is -0.184. The van der Waals surface area contributed by atoms with Gasteiger partial charge in [-0.05, 0) is 32.6 Å². The molecule has 0 amide bonds. The number of hydrogen-bond acceptors (Lipinski definition) is 5. The Morgan fingerprint density at radius 3 is 2.52 bits per heavy atom. The van der Waals surface area contributed by atoms with Crippen molar-refractivity contribution < 1.29 is 17.6 Å². The molecule has 0 atom stereocenters. The van der Waals surface area contributed by atoms with E-state index in [-0.39, 0.29) is 18.9 Å². The maximum atomic E-state index is 12.8. The molecule has 1 aromatic heterocycles. The van der Waals surface area contributed by atoms with Crippen molar-refractivity contribution in [3.8, 4) is 0 Å². The molecule has 0 aromatic carbocycles. The summed E-state index contributed by atoms with van der Waals surface area (Å²) < 4.78 is 43.7. The standard InChI is InChI=1S/C15H19F3N4O/c1-9-13(14-20-6-7-23-14)21-12(19)8-22(9)11-4-2-10(3-5-11)15(16,17)18/h6-7,10-11H,2-5,8H2,1H3,(H2,19,21)/t10-,11-. The quantitative estimate of drug-likeness (QED) is 0.905. The van der Waals surface area contributed by atoms with E-state index in [1.165, 1.54) is 12.5 Å². The summed E-state index contributed by atoms with van der Waals surface area (Å²) in [5, 5.41) is 0. The Morgan fingerprint density at radius 1 is 1.26 bits per heavy atom. The maximum Gasteiger partial charge on any atom is 0.391 e. The summed E-state index contributed by atoms with van der Waals surface area (Å²) in [7, 11) is 0. The van der Waals surface area contributed by atoms with Crippen LogP contribution in [0.25, 0.3) is 5.70 Å². The van der Waals surface area contributed by atoms with Crippen LogP contribution in [0.5, 0.6) is 0 Å². The average Bonchev–Trinajstić information content (AvgIpc) is 3.02. The molecular weight excluding hydrogens is 309 g/mol. The minimum atomic E-state index is -4.10. The van der Waals surface area contributed by atoms with E-state index >= 15 is 0 Å². The van der Waals surface area contributed by atoms with E-state index in [9.17, 15) is 13.2 Å². The molecule has 1 aliphatic heterocycles. The van der Waals surface area contributed by atoms with Gasteiger partial charge >= 0.3 is 6.18 Å². The van der Waals surface area contributed by atoms with Crippen LogP contribution in [-0.4, -0.2) is 34.5 Å². The third-order valence-electron chi connectivity index (χ3n) is 4.60. The first-order chi connectivity index (χ1) is 10.9. The molecule has 1 saturated carbocycles. The molecule has 1 aromatic rings. The Morgan fingerprint density at radius 2 is 1.96 bits per heavy atom. The second kappa shape index (κ2) is 5.90. The Bertz CT molecular complexity index is 613. The van der Waals surface area contributed by atoms with Crippen LogP contribution in [0.4, 0.5) is 13.2 Å². The SMILES string of the molecule is CC1=C(c2ncco2)N=C(N)CN1[C@H]1CC[C@H](C(F)(F)F)CC1. The second-order valence-corrected chi connectivity index (χ2v) is 6.05. The van der Waals surface area contributed by atoms with Gasteiger partial charge in [0.25, 0.3) is 0 Å². The van der Waals surface area contributed by atoms with Crippen LogP contribution in [0.1, 0.15) is 38.5 Å². The predicted molar refractivity (Wildman–Crippen MR) is 79.2 cm³/mol. The van der Waals surface area contributed by atoms with Gasteiger partial charge in [-0.15, -0.1) is 0 Å². The molecule has 0 unspecified atom stereocenters. The van der Waals surface area contributed by atoms with E-state index < -0.39 is 12.1 Å². The molecule has 3 rings (SSSR count).